The third-order valence-corrected chi connectivity index (χ3v) is 3.10. The fourth-order valence-electron chi connectivity index (χ4n) is 1.99. The molecule has 1 aromatic rings. The minimum atomic E-state index is 0.307. The van der Waals surface area contributed by atoms with E-state index in [2.05, 4.69) is 22.9 Å². The summed E-state index contributed by atoms with van der Waals surface area (Å²) in [6, 6.07) is 5.76. The van der Waals surface area contributed by atoms with Gasteiger partial charge in [-0.2, -0.15) is 5.26 Å². The summed E-state index contributed by atoms with van der Waals surface area (Å²) in [5.74, 6) is 0.768. The molecule has 1 saturated heterocycles. The van der Waals surface area contributed by atoms with Crippen molar-refractivity contribution in [3.8, 4) is 6.07 Å². The van der Waals surface area contributed by atoms with Gasteiger partial charge in [0.25, 0.3) is 0 Å². The largest absolute Gasteiger partial charge is 0.377 e. The molecule has 0 N–H and O–H groups in total. The SMILES string of the molecule is CCC1COCCN1c1cc(C#N)cc(Cl)n1. The molecule has 4 nitrogen and oxygen atoms in total. The number of hydrogen-bond donors (Lipinski definition) is 0. The quantitative estimate of drug-likeness (QED) is 0.757. The van der Waals surface area contributed by atoms with E-state index in [4.69, 9.17) is 21.6 Å². The van der Waals surface area contributed by atoms with E-state index in [9.17, 15) is 0 Å². The molecule has 0 radical (unpaired) electrons. The summed E-state index contributed by atoms with van der Waals surface area (Å²) < 4.78 is 5.44. The van der Waals surface area contributed by atoms with Gasteiger partial charge in [0.05, 0.1) is 30.9 Å². The number of halogens is 1. The maximum atomic E-state index is 8.93. The standard InChI is InChI=1S/C12H14ClN3O/c1-2-10-8-17-4-3-16(10)12-6-9(7-14)5-11(13)15-12/h5-6,10H,2-4,8H2,1H3. The third kappa shape index (κ3) is 2.68. The van der Waals surface area contributed by atoms with E-state index in [-0.39, 0.29) is 0 Å². The maximum absolute atomic E-state index is 8.93. The molecule has 1 aromatic heterocycles. The van der Waals surface area contributed by atoms with Crippen LogP contribution >= 0.6 is 11.6 Å². The number of aromatic nitrogens is 1. The lowest BCUT2D eigenvalue weighted by Crippen LogP contribution is -2.45. The highest BCUT2D eigenvalue weighted by molar-refractivity contribution is 6.29. The highest BCUT2D eigenvalue weighted by atomic mass is 35.5. The van der Waals surface area contributed by atoms with Gasteiger partial charge in [-0.15, -0.1) is 0 Å². The van der Waals surface area contributed by atoms with Gasteiger partial charge in [-0.1, -0.05) is 18.5 Å². The topological polar surface area (TPSA) is 49.1 Å². The normalized spacial score (nSPS) is 20.1. The summed E-state index contributed by atoms with van der Waals surface area (Å²) in [5, 5.41) is 9.29. The van der Waals surface area contributed by atoms with Crippen LogP contribution in [0.4, 0.5) is 5.82 Å². The van der Waals surface area contributed by atoms with Crippen LogP contribution in [0, 0.1) is 11.3 Å². The highest BCUT2D eigenvalue weighted by Gasteiger charge is 2.23. The molecule has 1 aliphatic rings. The van der Waals surface area contributed by atoms with Gasteiger partial charge in [-0.3, -0.25) is 0 Å². The van der Waals surface area contributed by atoms with E-state index < -0.39 is 0 Å². The zero-order valence-electron chi connectivity index (χ0n) is 9.69. The van der Waals surface area contributed by atoms with Crippen molar-refractivity contribution in [1.82, 2.24) is 4.98 Å². The Morgan fingerprint density at radius 2 is 2.47 bits per heavy atom. The monoisotopic (exact) mass is 251 g/mol. The van der Waals surface area contributed by atoms with Gasteiger partial charge in [0, 0.05) is 6.54 Å². The molecular weight excluding hydrogens is 238 g/mol. The van der Waals surface area contributed by atoms with Crippen molar-refractivity contribution in [3.63, 3.8) is 0 Å². The van der Waals surface area contributed by atoms with Gasteiger partial charge in [0.15, 0.2) is 0 Å². The Kier molecular flexibility index (Phi) is 3.82. The first-order valence-electron chi connectivity index (χ1n) is 5.66. The molecule has 0 aliphatic carbocycles. The van der Waals surface area contributed by atoms with Gasteiger partial charge in [0.1, 0.15) is 11.0 Å². The van der Waals surface area contributed by atoms with Crippen molar-refractivity contribution in [2.45, 2.75) is 19.4 Å². The summed E-state index contributed by atoms with van der Waals surface area (Å²) in [6.07, 6.45) is 0.982. The summed E-state index contributed by atoms with van der Waals surface area (Å²) in [5.41, 5.74) is 0.543. The number of hydrogen-bond acceptors (Lipinski definition) is 4. The molecule has 1 fully saturated rings. The fraction of sp³-hybridized carbons (Fsp3) is 0.500. The van der Waals surface area contributed by atoms with Crippen LogP contribution in [0.25, 0.3) is 0 Å². The molecule has 0 aromatic carbocycles. The fourth-order valence-corrected chi connectivity index (χ4v) is 2.19. The number of ether oxygens (including phenoxy) is 1. The average molecular weight is 252 g/mol. The van der Waals surface area contributed by atoms with Crippen LogP contribution in [-0.2, 0) is 4.74 Å². The first kappa shape index (κ1) is 12.2. The Morgan fingerprint density at radius 3 is 3.18 bits per heavy atom. The predicted octanol–water partition coefficient (Wildman–Crippen LogP) is 2.22. The lowest BCUT2D eigenvalue weighted by molar-refractivity contribution is 0.0926. The molecule has 0 saturated carbocycles. The van der Waals surface area contributed by atoms with Gasteiger partial charge in [-0.05, 0) is 18.6 Å². The minimum Gasteiger partial charge on any atom is -0.377 e. The number of morpholine rings is 1. The molecule has 2 heterocycles. The zero-order chi connectivity index (χ0) is 12.3. The van der Waals surface area contributed by atoms with Crippen molar-refractivity contribution >= 4 is 17.4 Å². The van der Waals surface area contributed by atoms with Crippen LogP contribution in [0.5, 0.6) is 0 Å². The Morgan fingerprint density at radius 1 is 1.65 bits per heavy atom. The Labute approximate surface area is 106 Å². The second-order valence-electron chi connectivity index (χ2n) is 3.98. The summed E-state index contributed by atoms with van der Waals surface area (Å²) in [7, 11) is 0. The van der Waals surface area contributed by atoms with E-state index in [0.717, 1.165) is 18.8 Å². The molecule has 5 heteroatoms. The second kappa shape index (κ2) is 5.35. The molecule has 0 spiro atoms. The summed E-state index contributed by atoms with van der Waals surface area (Å²) >= 11 is 5.92. The lowest BCUT2D eigenvalue weighted by Gasteiger charge is -2.36. The summed E-state index contributed by atoms with van der Waals surface area (Å²) in [6.45, 7) is 4.29. The van der Waals surface area contributed by atoms with Crippen LogP contribution in [0.3, 0.4) is 0 Å². The van der Waals surface area contributed by atoms with Crippen molar-refractivity contribution in [1.29, 1.82) is 5.26 Å². The van der Waals surface area contributed by atoms with E-state index in [1.54, 1.807) is 12.1 Å². The molecule has 1 unspecified atom stereocenters. The lowest BCUT2D eigenvalue weighted by atomic mass is 10.1. The van der Waals surface area contributed by atoms with Crippen molar-refractivity contribution in [2.75, 3.05) is 24.7 Å². The number of rotatable bonds is 2. The first-order chi connectivity index (χ1) is 8.24. The second-order valence-corrected chi connectivity index (χ2v) is 4.37. The van der Waals surface area contributed by atoms with Crippen LogP contribution in [0.2, 0.25) is 5.15 Å². The van der Waals surface area contributed by atoms with Gasteiger partial charge >= 0.3 is 0 Å². The van der Waals surface area contributed by atoms with Gasteiger partial charge in [-0.25, -0.2) is 4.98 Å². The maximum Gasteiger partial charge on any atom is 0.132 e. The molecule has 2 rings (SSSR count). The Balaban J connectivity index is 2.31. The molecule has 1 aliphatic heterocycles. The van der Waals surface area contributed by atoms with E-state index in [1.807, 2.05) is 0 Å². The molecule has 0 bridgehead atoms. The smallest absolute Gasteiger partial charge is 0.132 e. The van der Waals surface area contributed by atoms with Crippen molar-refractivity contribution in [2.24, 2.45) is 0 Å². The summed E-state index contributed by atoms with van der Waals surface area (Å²) in [4.78, 5) is 6.45. The molecule has 1 atom stereocenters. The number of anilines is 1. The van der Waals surface area contributed by atoms with Crippen LogP contribution < -0.4 is 4.90 Å². The number of pyridine rings is 1. The van der Waals surface area contributed by atoms with E-state index in [1.165, 1.54) is 0 Å². The number of nitriles is 1. The first-order valence-corrected chi connectivity index (χ1v) is 6.04. The number of nitrogens with zero attached hydrogens (tertiary/aromatic N) is 3. The molecule has 90 valence electrons. The van der Waals surface area contributed by atoms with Crippen LogP contribution in [0.1, 0.15) is 18.9 Å². The Bertz CT molecular complexity index is 444. The zero-order valence-corrected chi connectivity index (χ0v) is 10.4. The molecule has 0 amide bonds. The van der Waals surface area contributed by atoms with Gasteiger partial charge in [0.2, 0.25) is 0 Å². The van der Waals surface area contributed by atoms with Crippen LogP contribution in [-0.4, -0.2) is 30.8 Å². The van der Waals surface area contributed by atoms with E-state index >= 15 is 0 Å². The third-order valence-electron chi connectivity index (χ3n) is 2.90. The minimum absolute atomic E-state index is 0.307. The van der Waals surface area contributed by atoms with Crippen LogP contribution in [0.15, 0.2) is 12.1 Å². The van der Waals surface area contributed by atoms with E-state index in [0.29, 0.717) is 30.0 Å². The van der Waals surface area contributed by atoms with Crippen molar-refractivity contribution in [3.05, 3.63) is 22.8 Å². The average Bonchev–Trinajstić information content (AvgIpc) is 2.37. The van der Waals surface area contributed by atoms with Gasteiger partial charge < -0.3 is 9.64 Å². The highest BCUT2D eigenvalue weighted by Crippen LogP contribution is 2.22. The molecule has 17 heavy (non-hydrogen) atoms. The molecular formula is C12H14ClN3O. The predicted molar refractivity (Wildman–Crippen MR) is 66.2 cm³/mol. The Hall–Kier alpha value is -1.31. The van der Waals surface area contributed by atoms with Crippen molar-refractivity contribution < 1.29 is 4.74 Å².